The Morgan fingerprint density at radius 2 is 2.36 bits per heavy atom. The molecule has 1 amide bonds. The monoisotopic (exact) mass is 215 g/mol. The van der Waals surface area contributed by atoms with Crippen molar-refractivity contribution in [3.05, 3.63) is 30.1 Å². The summed E-state index contributed by atoms with van der Waals surface area (Å²) in [6, 6.07) is 3.77. The lowest BCUT2D eigenvalue weighted by atomic mass is 10.3. The first-order valence-electron chi connectivity index (χ1n) is 4.07. The third kappa shape index (κ3) is 3.72. The summed E-state index contributed by atoms with van der Waals surface area (Å²) in [5, 5.41) is 0. The van der Waals surface area contributed by atoms with Crippen molar-refractivity contribution in [2.45, 2.75) is 6.54 Å². The molecule has 0 fully saturated rings. The molecule has 5 heteroatoms. The van der Waals surface area contributed by atoms with E-state index in [1.807, 2.05) is 12.1 Å². The topological polar surface area (TPSA) is 59.2 Å². The van der Waals surface area contributed by atoms with Gasteiger partial charge in [-0.2, -0.15) is 0 Å². The molecule has 0 saturated carbocycles. The predicted molar refractivity (Wildman–Crippen MR) is 57.0 cm³/mol. The van der Waals surface area contributed by atoms with Gasteiger partial charge >= 0.3 is 0 Å². The van der Waals surface area contributed by atoms with Crippen LogP contribution >= 0.6 is 12.4 Å². The van der Waals surface area contributed by atoms with Crippen LogP contribution in [0.4, 0.5) is 0 Å². The molecular weight excluding hydrogens is 202 g/mol. The zero-order valence-electron chi connectivity index (χ0n) is 8.01. The largest absolute Gasteiger partial charge is 0.340 e. The van der Waals surface area contributed by atoms with Gasteiger partial charge in [0.25, 0.3) is 0 Å². The molecule has 0 aliphatic heterocycles. The minimum absolute atomic E-state index is 0. The molecule has 1 aromatic heterocycles. The lowest BCUT2D eigenvalue weighted by Crippen LogP contribution is -2.32. The molecule has 1 rings (SSSR count). The molecule has 0 atom stereocenters. The molecule has 0 aliphatic carbocycles. The molecule has 1 aromatic rings. The van der Waals surface area contributed by atoms with Crippen LogP contribution in [0.1, 0.15) is 5.56 Å². The minimum Gasteiger partial charge on any atom is -0.340 e. The maximum atomic E-state index is 11.1. The molecule has 2 N–H and O–H groups in total. The van der Waals surface area contributed by atoms with Gasteiger partial charge in [-0.05, 0) is 11.6 Å². The molecule has 0 unspecified atom stereocenters. The Labute approximate surface area is 89.5 Å². The van der Waals surface area contributed by atoms with Crippen molar-refractivity contribution < 1.29 is 4.79 Å². The van der Waals surface area contributed by atoms with E-state index in [0.29, 0.717) is 6.54 Å². The highest BCUT2D eigenvalue weighted by Crippen LogP contribution is 1.99. The molecule has 78 valence electrons. The highest BCUT2D eigenvalue weighted by molar-refractivity contribution is 5.85. The predicted octanol–water partition coefficient (Wildman–Crippen LogP) is 0.421. The molecular formula is C9H14ClN3O. The molecule has 0 aromatic carbocycles. The zero-order chi connectivity index (χ0) is 9.68. The second-order valence-electron chi connectivity index (χ2n) is 2.82. The van der Waals surface area contributed by atoms with Gasteiger partial charge in [-0.3, -0.25) is 9.78 Å². The van der Waals surface area contributed by atoms with Gasteiger partial charge in [-0.25, -0.2) is 0 Å². The fraction of sp³-hybridized carbons (Fsp3) is 0.333. The fourth-order valence-electron chi connectivity index (χ4n) is 1.01. The van der Waals surface area contributed by atoms with Crippen molar-refractivity contribution in [1.82, 2.24) is 9.88 Å². The number of carbonyl (C=O) groups excluding carboxylic acids is 1. The van der Waals surface area contributed by atoms with Crippen LogP contribution < -0.4 is 5.73 Å². The SMILES string of the molecule is CN(Cc1cccnc1)C(=O)CN.Cl. The molecule has 1 heterocycles. The third-order valence-corrected chi connectivity index (χ3v) is 1.74. The van der Waals surface area contributed by atoms with Crippen LogP contribution in [0.3, 0.4) is 0 Å². The zero-order valence-corrected chi connectivity index (χ0v) is 8.83. The van der Waals surface area contributed by atoms with Gasteiger partial charge in [-0.1, -0.05) is 6.07 Å². The van der Waals surface area contributed by atoms with E-state index in [1.54, 1.807) is 24.3 Å². The van der Waals surface area contributed by atoms with E-state index in [4.69, 9.17) is 5.73 Å². The minimum atomic E-state index is -0.0659. The number of hydrogen-bond donors (Lipinski definition) is 1. The molecule has 0 radical (unpaired) electrons. The summed E-state index contributed by atoms with van der Waals surface area (Å²) in [4.78, 5) is 16.6. The van der Waals surface area contributed by atoms with Gasteiger partial charge in [0.2, 0.25) is 5.91 Å². The number of amides is 1. The molecule has 0 spiro atoms. The van der Waals surface area contributed by atoms with E-state index in [1.165, 1.54) is 0 Å². The van der Waals surface area contributed by atoms with Crippen LogP contribution in [0.25, 0.3) is 0 Å². The van der Waals surface area contributed by atoms with Crippen molar-refractivity contribution in [2.75, 3.05) is 13.6 Å². The fourth-order valence-corrected chi connectivity index (χ4v) is 1.01. The first-order valence-corrected chi connectivity index (χ1v) is 4.07. The Hall–Kier alpha value is -1.13. The summed E-state index contributed by atoms with van der Waals surface area (Å²) < 4.78 is 0. The number of likely N-dealkylation sites (N-methyl/N-ethyl adjacent to an activating group) is 1. The summed E-state index contributed by atoms with van der Waals surface area (Å²) in [7, 11) is 1.72. The van der Waals surface area contributed by atoms with Crippen molar-refractivity contribution in [3.8, 4) is 0 Å². The number of nitrogens with two attached hydrogens (primary N) is 1. The van der Waals surface area contributed by atoms with Crippen molar-refractivity contribution in [1.29, 1.82) is 0 Å². The first-order chi connectivity index (χ1) is 6.24. The summed E-state index contributed by atoms with van der Waals surface area (Å²) in [5.74, 6) is -0.0659. The van der Waals surface area contributed by atoms with Crippen molar-refractivity contribution in [3.63, 3.8) is 0 Å². The van der Waals surface area contributed by atoms with Crippen LogP contribution in [0, 0.1) is 0 Å². The smallest absolute Gasteiger partial charge is 0.236 e. The van der Waals surface area contributed by atoms with Crippen LogP contribution in [0.15, 0.2) is 24.5 Å². The first kappa shape index (κ1) is 12.9. The second-order valence-corrected chi connectivity index (χ2v) is 2.82. The molecule has 4 nitrogen and oxygen atoms in total. The van der Waals surface area contributed by atoms with Gasteiger partial charge in [0.1, 0.15) is 0 Å². The van der Waals surface area contributed by atoms with Crippen molar-refractivity contribution in [2.24, 2.45) is 5.73 Å². The van der Waals surface area contributed by atoms with Crippen LogP contribution in [0.5, 0.6) is 0 Å². The van der Waals surface area contributed by atoms with E-state index >= 15 is 0 Å². The van der Waals surface area contributed by atoms with E-state index < -0.39 is 0 Å². The maximum Gasteiger partial charge on any atom is 0.236 e. The van der Waals surface area contributed by atoms with E-state index in [9.17, 15) is 4.79 Å². The van der Waals surface area contributed by atoms with E-state index in [0.717, 1.165) is 5.56 Å². The number of nitrogens with zero attached hydrogens (tertiary/aromatic N) is 2. The summed E-state index contributed by atoms with van der Waals surface area (Å²) >= 11 is 0. The Morgan fingerprint density at radius 1 is 1.64 bits per heavy atom. The highest BCUT2D eigenvalue weighted by Gasteiger charge is 2.05. The number of aromatic nitrogens is 1. The molecule has 0 bridgehead atoms. The lowest BCUT2D eigenvalue weighted by Gasteiger charge is -2.15. The summed E-state index contributed by atoms with van der Waals surface area (Å²) in [5.41, 5.74) is 6.23. The average Bonchev–Trinajstić information content (AvgIpc) is 2.18. The average molecular weight is 216 g/mol. The van der Waals surface area contributed by atoms with E-state index in [2.05, 4.69) is 4.98 Å². The van der Waals surface area contributed by atoms with Crippen molar-refractivity contribution >= 4 is 18.3 Å². The van der Waals surface area contributed by atoms with Gasteiger partial charge in [0, 0.05) is 26.0 Å². The summed E-state index contributed by atoms with van der Waals surface area (Å²) in [6.45, 7) is 0.612. The van der Waals surface area contributed by atoms with Crippen LogP contribution in [-0.2, 0) is 11.3 Å². The molecule has 0 aliphatic rings. The van der Waals surface area contributed by atoms with Crippen LogP contribution in [-0.4, -0.2) is 29.4 Å². The summed E-state index contributed by atoms with van der Waals surface area (Å²) in [6.07, 6.45) is 3.44. The van der Waals surface area contributed by atoms with Gasteiger partial charge in [0.05, 0.1) is 6.54 Å². The normalized spacial score (nSPS) is 9.00. The van der Waals surface area contributed by atoms with Gasteiger partial charge in [-0.15, -0.1) is 12.4 Å². The highest BCUT2D eigenvalue weighted by atomic mass is 35.5. The number of halogens is 1. The number of rotatable bonds is 3. The molecule has 14 heavy (non-hydrogen) atoms. The second kappa shape index (κ2) is 6.34. The standard InChI is InChI=1S/C9H13N3O.ClH/c1-12(9(13)5-10)7-8-3-2-4-11-6-8;/h2-4,6H,5,7,10H2,1H3;1H. The van der Waals surface area contributed by atoms with Gasteiger partial charge < -0.3 is 10.6 Å². The Bertz CT molecular complexity index is 279. The van der Waals surface area contributed by atoms with Gasteiger partial charge in [0.15, 0.2) is 0 Å². The van der Waals surface area contributed by atoms with E-state index in [-0.39, 0.29) is 24.9 Å². The van der Waals surface area contributed by atoms with Crippen LogP contribution in [0.2, 0.25) is 0 Å². The lowest BCUT2D eigenvalue weighted by molar-refractivity contribution is -0.128. The number of carbonyl (C=O) groups is 1. The number of hydrogen-bond acceptors (Lipinski definition) is 3. The third-order valence-electron chi connectivity index (χ3n) is 1.74. The Kier molecular flexibility index (Phi) is 5.83. The number of pyridine rings is 1. The molecule has 0 saturated heterocycles. The Balaban J connectivity index is 0.00000169. The Morgan fingerprint density at radius 3 is 2.86 bits per heavy atom. The maximum absolute atomic E-state index is 11.1. The quantitative estimate of drug-likeness (QED) is 0.795.